The van der Waals surface area contributed by atoms with E-state index in [0.29, 0.717) is 22.8 Å². The van der Waals surface area contributed by atoms with Crippen LogP contribution in [0.4, 0.5) is 11.5 Å². The Labute approximate surface area is 179 Å². The molecule has 3 aromatic rings. The molecular formula is C23H23ClN4O2. The highest BCUT2D eigenvalue weighted by Crippen LogP contribution is 2.52. The minimum Gasteiger partial charge on any atom is -0.399 e. The van der Waals surface area contributed by atoms with Gasteiger partial charge in [-0.3, -0.25) is 4.98 Å². The lowest BCUT2D eigenvalue weighted by Crippen LogP contribution is -2.26. The highest BCUT2D eigenvalue weighted by molar-refractivity contribution is 6.34. The first-order chi connectivity index (χ1) is 14.5. The van der Waals surface area contributed by atoms with Crippen LogP contribution in [0.15, 0.2) is 42.7 Å². The Morgan fingerprint density at radius 2 is 2.07 bits per heavy atom. The van der Waals surface area contributed by atoms with Crippen molar-refractivity contribution >= 4 is 23.1 Å². The molecule has 0 radical (unpaired) electrons. The lowest BCUT2D eigenvalue weighted by atomic mass is 9.80. The minimum absolute atomic E-state index is 0.106. The number of fused-ring (bicyclic) bond motifs is 2. The van der Waals surface area contributed by atoms with Gasteiger partial charge in [-0.1, -0.05) is 17.7 Å². The number of nitrogen functional groups attached to an aromatic ring is 1. The summed E-state index contributed by atoms with van der Waals surface area (Å²) in [6, 6.07) is 9.34. The van der Waals surface area contributed by atoms with Crippen molar-refractivity contribution in [2.75, 3.05) is 17.6 Å². The van der Waals surface area contributed by atoms with Gasteiger partial charge < -0.3 is 21.3 Å². The monoisotopic (exact) mass is 422 g/mol. The second-order valence-corrected chi connectivity index (χ2v) is 8.63. The molecule has 6 nitrogen and oxygen atoms in total. The summed E-state index contributed by atoms with van der Waals surface area (Å²) in [5, 5.41) is 23.9. The van der Waals surface area contributed by atoms with Crippen molar-refractivity contribution in [1.82, 2.24) is 9.97 Å². The van der Waals surface area contributed by atoms with Gasteiger partial charge in [0.15, 0.2) is 0 Å². The molecule has 1 aromatic carbocycles. The number of aromatic nitrogens is 2. The summed E-state index contributed by atoms with van der Waals surface area (Å²) in [5.74, 6) is 0.800. The van der Waals surface area contributed by atoms with Gasteiger partial charge in [0.25, 0.3) is 0 Å². The predicted octanol–water partition coefficient (Wildman–Crippen LogP) is 3.75. The van der Waals surface area contributed by atoms with E-state index < -0.39 is 0 Å². The lowest BCUT2D eigenvalue weighted by molar-refractivity contribution is 0.175. The maximum atomic E-state index is 10.2. The second-order valence-electron chi connectivity index (χ2n) is 8.25. The number of aliphatic hydroxyl groups excluding tert-OH is 2. The Kier molecular flexibility index (Phi) is 4.65. The van der Waals surface area contributed by atoms with Gasteiger partial charge in [-0.05, 0) is 49.1 Å². The van der Waals surface area contributed by atoms with Crippen molar-refractivity contribution < 1.29 is 10.2 Å². The van der Waals surface area contributed by atoms with Crippen LogP contribution in [0.5, 0.6) is 0 Å². The fraction of sp³-hybridized carbons (Fsp3) is 0.304. The molecule has 5 rings (SSSR count). The van der Waals surface area contributed by atoms with Gasteiger partial charge in [0.1, 0.15) is 5.82 Å². The second kappa shape index (κ2) is 7.23. The normalized spacial score (nSPS) is 22.3. The number of nitrogens with one attached hydrogen (secondary N) is 1. The number of anilines is 2. The Morgan fingerprint density at radius 3 is 2.83 bits per heavy atom. The Hall–Kier alpha value is -2.67. The molecule has 0 amide bonds. The predicted molar refractivity (Wildman–Crippen MR) is 118 cm³/mol. The van der Waals surface area contributed by atoms with E-state index in [1.54, 1.807) is 18.5 Å². The molecule has 2 aliphatic rings. The van der Waals surface area contributed by atoms with Crippen LogP contribution in [0.2, 0.25) is 5.02 Å². The first-order valence-electron chi connectivity index (χ1n) is 10.1. The largest absolute Gasteiger partial charge is 0.399 e. The van der Waals surface area contributed by atoms with Crippen LogP contribution < -0.4 is 11.1 Å². The zero-order chi connectivity index (χ0) is 20.9. The molecule has 1 spiro atoms. The average Bonchev–Trinajstić information content (AvgIpc) is 3.31. The summed E-state index contributed by atoms with van der Waals surface area (Å²) in [4.78, 5) is 9.07. The summed E-state index contributed by atoms with van der Waals surface area (Å²) in [7, 11) is 0. The van der Waals surface area contributed by atoms with E-state index in [1.165, 1.54) is 0 Å². The van der Waals surface area contributed by atoms with E-state index in [0.717, 1.165) is 53.0 Å². The van der Waals surface area contributed by atoms with E-state index >= 15 is 0 Å². The van der Waals surface area contributed by atoms with Gasteiger partial charge in [-0.25, -0.2) is 4.98 Å². The zero-order valence-electron chi connectivity index (χ0n) is 16.4. The van der Waals surface area contributed by atoms with Crippen molar-refractivity contribution in [1.29, 1.82) is 0 Å². The molecule has 1 fully saturated rings. The third-order valence-electron chi connectivity index (χ3n) is 6.32. The summed E-state index contributed by atoms with van der Waals surface area (Å²) in [5.41, 5.74) is 11.5. The van der Waals surface area contributed by atoms with Crippen molar-refractivity contribution in [3.8, 4) is 22.4 Å². The average molecular weight is 423 g/mol. The van der Waals surface area contributed by atoms with Gasteiger partial charge in [0, 0.05) is 52.3 Å². The number of nitrogens with zero attached hydrogens (tertiary/aromatic N) is 2. The van der Waals surface area contributed by atoms with E-state index in [2.05, 4.69) is 15.3 Å². The first-order valence-corrected chi connectivity index (χ1v) is 10.5. The molecule has 2 atom stereocenters. The van der Waals surface area contributed by atoms with Gasteiger partial charge in [0.2, 0.25) is 0 Å². The molecule has 1 aliphatic carbocycles. The Bertz CT molecular complexity index is 1130. The molecular weight excluding hydrogens is 400 g/mol. The number of aliphatic hydroxyl groups is 2. The smallest absolute Gasteiger partial charge is 0.131 e. The van der Waals surface area contributed by atoms with Gasteiger partial charge in [0.05, 0.1) is 23.4 Å². The van der Waals surface area contributed by atoms with E-state index in [9.17, 15) is 10.2 Å². The quantitative estimate of drug-likeness (QED) is 0.479. The van der Waals surface area contributed by atoms with E-state index in [4.69, 9.17) is 17.3 Å². The van der Waals surface area contributed by atoms with Gasteiger partial charge >= 0.3 is 0 Å². The number of hydrogen-bond acceptors (Lipinski definition) is 6. The summed E-state index contributed by atoms with van der Waals surface area (Å²) >= 11 is 6.96. The SMILES string of the molecule is Nc1cc(-c2cnc3c(c2Cl)[C@@]2(CC[C@H](O)C2)CN3)cc(-c2ncccc2CO)c1. The zero-order valence-corrected chi connectivity index (χ0v) is 17.2. The fourth-order valence-electron chi connectivity index (χ4n) is 4.91. The lowest BCUT2D eigenvalue weighted by Gasteiger charge is -2.24. The standard InChI is InChI=1S/C23H23ClN4O2/c24-20-18(10-27-22-19(20)23(12-28-22)4-3-17(30)9-23)14-6-15(8-16(25)7-14)21-13(11-29)2-1-5-26-21/h1-2,5-8,10,17,29-30H,3-4,9,11-12,25H2,(H,27,28)/t17-,23+/m0/s1. The third kappa shape index (κ3) is 3.03. The van der Waals surface area contributed by atoms with Crippen LogP contribution in [0.1, 0.15) is 30.4 Å². The maximum Gasteiger partial charge on any atom is 0.131 e. The van der Waals surface area contributed by atoms with E-state index in [-0.39, 0.29) is 18.1 Å². The van der Waals surface area contributed by atoms with Crippen molar-refractivity contribution in [2.45, 2.75) is 37.4 Å². The number of rotatable bonds is 3. The number of nitrogens with two attached hydrogens (primary N) is 1. The van der Waals surface area contributed by atoms with Crippen LogP contribution in [-0.4, -0.2) is 32.8 Å². The van der Waals surface area contributed by atoms with E-state index in [1.807, 2.05) is 24.3 Å². The summed E-state index contributed by atoms with van der Waals surface area (Å²) < 4.78 is 0. The fourth-order valence-corrected chi connectivity index (χ4v) is 5.35. The Morgan fingerprint density at radius 1 is 1.23 bits per heavy atom. The highest BCUT2D eigenvalue weighted by Gasteiger charge is 2.47. The number of halogens is 1. The minimum atomic E-state index is -0.308. The number of benzene rings is 1. The molecule has 1 aliphatic heterocycles. The topological polar surface area (TPSA) is 104 Å². The van der Waals surface area contributed by atoms with Gasteiger partial charge in [-0.15, -0.1) is 0 Å². The molecule has 1 saturated carbocycles. The molecule has 0 saturated heterocycles. The molecule has 2 aromatic heterocycles. The maximum absolute atomic E-state index is 10.2. The van der Waals surface area contributed by atoms with Crippen LogP contribution in [-0.2, 0) is 12.0 Å². The van der Waals surface area contributed by atoms with Crippen molar-refractivity contribution in [3.05, 3.63) is 58.9 Å². The van der Waals surface area contributed by atoms with Gasteiger partial charge in [-0.2, -0.15) is 0 Å². The van der Waals surface area contributed by atoms with Crippen LogP contribution in [0.3, 0.4) is 0 Å². The molecule has 7 heteroatoms. The van der Waals surface area contributed by atoms with Crippen LogP contribution in [0, 0.1) is 0 Å². The summed E-state index contributed by atoms with van der Waals surface area (Å²) in [6.07, 6.45) is 5.50. The molecule has 0 bridgehead atoms. The molecule has 0 unspecified atom stereocenters. The van der Waals surface area contributed by atoms with Crippen molar-refractivity contribution in [2.24, 2.45) is 0 Å². The number of pyridine rings is 2. The highest BCUT2D eigenvalue weighted by atomic mass is 35.5. The molecule has 3 heterocycles. The third-order valence-corrected chi connectivity index (χ3v) is 6.72. The van der Waals surface area contributed by atoms with Crippen LogP contribution in [0.25, 0.3) is 22.4 Å². The van der Waals surface area contributed by atoms with Crippen LogP contribution >= 0.6 is 11.6 Å². The summed E-state index contributed by atoms with van der Waals surface area (Å²) in [6.45, 7) is 0.635. The van der Waals surface area contributed by atoms with Crippen molar-refractivity contribution in [3.63, 3.8) is 0 Å². The first kappa shape index (κ1) is 19.3. The molecule has 30 heavy (non-hydrogen) atoms. The number of hydrogen-bond donors (Lipinski definition) is 4. The molecule has 5 N–H and O–H groups in total. The Balaban J connectivity index is 1.64. The molecule has 154 valence electrons.